The topological polar surface area (TPSA) is 70.7 Å². The number of H-pyrrole nitrogens is 1. The Bertz CT molecular complexity index is 975. The fraction of sp³-hybridized carbons (Fsp3) is 0. The SMILES string of the molecule is O=Cc1cc2cc(Nc3nccc(-c4cccs4)n3)ccc2[nH]1. The minimum atomic E-state index is 0.543. The van der Waals surface area contributed by atoms with E-state index in [9.17, 15) is 4.79 Å². The Hall–Kier alpha value is -2.99. The molecule has 0 saturated carbocycles. The summed E-state index contributed by atoms with van der Waals surface area (Å²) in [6.07, 6.45) is 2.55. The first-order chi connectivity index (χ1) is 11.3. The molecule has 0 aliphatic rings. The summed E-state index contributed by atoms with van der Waals surface area (Å²) in [5.74, 6) is 0.543. The highest BCUT2D eigenvalue weighted by Gasteiger charge is 2.05. The van der Waals surface area contributed by atoms with Crippen molar-refractivity contribution in [1.29, 1.82) is 0 Å². The minimum absolute atomic E-state index is 0.543. The number of anilines is 2. The van der Waals surface area contributed by atoms with Crippen molar-refractivity contribution < 1.29 is 4.79 Å². The number of rotatable bonds is 4. The molecule has 0 aliphatic carbocycles. The molecule has 0 bridgehead atoms. The molecule has 23 heavy (non-hydrogen) atoms. The maximum Gasteiger partial charge on any atom is 0.227 e. The molecule has 1 aromatic carbocycles. The lowest BCUT2D eigenvalue weighted by molar-refractivity contribution is 0.112. The van der Waals surface area contributed by atoms with Gasteiger partial charge in [0, 0.05) is 22.8 Å². The van der Waals surface area contributed by atoms with Gasteiger partial charge in [0.05, 0.1) is 16.3 Å². The second-order valence-electron chi connectivity index (χ2n) is 5.01. The van der Waals surface area contributed by atoms with Crippen LogP contribution in [-0.4, -0.2) is 21.2 Å². The number of aromatic nitrogens is 3. The number of thiophene rings is 1. The molecule has 4 rings (SSSR count). The normalized spacial score (nSPS) is 10.8. The Balaban J connectivity index is 1.65. The predicted molar refractivity (Wildman–Crippen MR) is 92.3 cm³/mol. The van der Waals surface area contributed by atoms with Gasteiger partial charge < -0.3 is 10.3 Å². The van der Waals surface area contributed by atoms with Gasteiger partial charge in [-0.15, -0.1) is 11.3 Å². The predicted octanol–water partition coefficient (Wildman–Crippen LogP) is 4.24. The molecule has 0 unspecified atom stereocenters. The molecule has 0 radical (unpaired) electrons. The van der Waals surface area contributed by atoms with Crippen molar-refractivity contribution >= 4 is 40.2 Å². The summed E-state index contributed by atoms with van der Waals surface area (Å²) in [6, 6.07) is 13.5. The van der Waals surface area contributed by atoms with E-state index in [-0.39, 0.29) is 0 Å². The van der Waals surface area contributed by atoms with E-state index in [1.807, 2.05) is 47.8 Å². The van der Waals surface area contributed by atoms with E-state index in [2.05, 4.69) is 20.3 Å². The van der Waals surface area contributed by atoms with E-state index in [4.69, 9.17) is 0 Å². The minimum Gasteiger partial charge on any atom is -0.352 e. The third kappa shape index (κ3) is 2.72. The molecule has 0 spiro atoms. The number of fused-ring (bicyclic) bond motifs is 1. The van der Waals surface area contributed by atoms with Gasteiger partial charge >= 0.3 is 0 Å². The quantitative estimate of drug-likeness (QED) is 0.552. The number of aldehydes is 1. The molecule has 0 fully saturated rings. The highest BCUT2D eigenvalue weighted by Crippen LogP contribution is 2.25. The fourth-order valence-electron chi connectivity index (χ4n) is 2.41. The molecule has 0 atom stereocenters. The first-order valence-corrected chi connectivity index (χ1v) is 7.92. The van der Waals surface area contributed by atoms with Gasteiger partial charge in [0.15, 0.2) is 6.29 Å². The van der Waals surface area contributed by atoms with Gasteiger partial charge in [-0.05, 0) is 41.8 Å². The summed E-state index contributed by atoms with van der Waals surface area (Å²) >= 11 is 1.64. The van der Waals surface area contributed by atoms with Gasteiger partial charge in [-0.3, -0.25) is 4.79 Å². The van der Waals surface area contributed by atoms with Crippen LogP contribution in [0.25, 0.3) is 21.5 Å². The average molecular weight is 320 g/mol. The number of benzene rings is 1. The van der Waals surface area contributed by atoms with Crippen LogP contribution in [0.4, 0.5) is 11.6 Å². The lowest BCUT2D eigenvalue weighted by atomic mass is 10.2. The zero-order valence-electron chi connectivity index (χ0n) is 12.0. The largest absolute Gasteiger partial charge is 0.352 e. The van der Waals surface area contributed by atoms with Crippen LogP contribution in [0.15, 0.2) is 54.0 Å². The van der Waals surface area contributed by atoms with Crippen LogP contribution in [0.3, 0.4) is 0 Å². The maximum atomic E-state index is 10.8. The maximum absolute atomic E-state index is 10.8. The Labute approximate surface area is 136 Å². The molecule has 4 aromatic rings. The van der Waals surface area contributed by atoms with Gasteiger partial charge in [0.25, 0.3) is 0 Å². The molecular formula is C17H12N4OS. The summed E-state index contributed by atoms with van der Waals surface area (Å²) in [5.41, 5.74) is 3.25. The monoisotopic (exact) mass is 320 g/mol. The van der Waals surface area contributed by atoms with Gasteiger partial charge in [0.2, 0.25) is 5.95 Å². The number of aromatic amines is 1. The van der Waals surface area contributed by atoms with Crippen LogP contribution in [0.2, 0.25) is 0 Å². The lowest BCUT2D eigenvalue weighted by Gasteiger charge is -2.06. The van der Waals surface area contributed by atoms with Crippen LogP contribution in [0.1, 0.15) is 10.5 Å². The second kappa shape index (κ2) is 5.66. The molecule has 5 nitrogen and oxygen atoms in total. The Morgan fingerprint density at radius 1 is 1.17 bits per heavy atom. The van der Waals surface area contributed by atoms with Crippen LogP contribution >= 0.6 is 11.3 Å². The van der Waals surface area contributed by atoms with E-state index in [0.29, 0.717) is 11.6 Å². The van der Waals surface area contributed by atoms with Crippen molar-refractivity contribution in [2.45, 2.75) is 0 Å². The van der Waals surface area contributed by atoms with Crippen molar-refractivity contribution in [1.82, 2.24) is 15.0 Å². The number of hydrogen-bond donors (Lipinski definition) is 2. The number of hydrogen-bond acceptors (Lipinski definition) is 5. The first-order valence-electron chi connectivity index (χ1n) is 7.04. The molecular weight excluding hydrogens is 308 g/mol. The van der Waals surface area contributed by atoms with E-state index in [1.54, 1.807) is 17.5 Å². The Kier molecular flexibility index (Phi) is 3.36. The third-order valence-electron chi connectivity index (χ3n) is 3.45. The zero-order valence-corrected chi connectivity index (χ0v) is 12.8. The fourth-order valence-corrected chi connectivity index (χ4v) is 3.10. The summed E-state index contributed by atoms with van der Waals surface area (Å²) in [6.45, 7) is 0. The standard InChI is InChI=1S/C17H12N4OS/c22-10-13-9-11-8-12(3-4-14(11)19-13)20-17-18-6-5-15(21-17)16-2-1-7-23-16/h1-10,19H,(H,18,20,21). The van der Waals surface area contributed by atoms with Crippen LogP contribution in [0, 0.1) is 0 Å². The van der Waals surface area contributed by atoms with Crippen LogP contribution < -0.4 is 5.32 Å². The molecule has 3 heterocycles. The second-order valence-corrected chi connectivity index (χ2v) is 5.96. The zero-order chi connectivity index (χ0) is 15.6. The molecule has 112 valence electrons. The van der Waals surface area contributed by atoms with Crippen LogP contribution in [0.5, 0.6) is 0 Å². The summed E-state index contributed by atoms with van der Waals surface area (Å²) in [5, 5.41) is 6.19. The van der Waals surface area contributed by atoms with E-state index in [1.165, 1.54) is 0 Å². The van der Waals surface area contributed by atoms with Gasteiger partial charge in [-0.2, -0.15) is 0 Å². The summed E-state index contributed by atoms with van der Waals surface area (Å²) in [4.78, 5) is 23.8. The molecule has 0 aliphatic heterocycles. The molecule has 2 N–H and O–H groups in total. The highest BCUT2D eigenvalue weighted by molar-refractivity contribution is 7.13. The first kappa shape index (κ1) is 13.7. The molecule has 6 heteroatoms. The Morgan fingerprint density at radius 3 is 2.96 bits per heavy atom. The average Bonchev–Trinajstić information content (AvgIpc) is 3.24. The summed E-state index contributed by atoms with van der Waals surface area (Å²) < 4.78 is 0. The van der Waals surface area contributed by atoms with Crippen LogP contribution in [-0.2, 0) is 0 Å². The number of nitrogens with one attached hydrogen (secondary N) is 2. The third-order valence-corrected chi connectivity index (χ3v) is 4.35. The number of carbonyl (C=O) groups excluding carboxylic acids is 1. The van der Waals surface area contributed by atoms with Gasteiger partial charge in [-0.25, -0.2) is 9.97 Å². The van der Waals surface area contributed by atoms with Crippen molar-refractivity contribution in [3.05, 3.63) is 59.7 Å². The molecule has 3 aromatic heterocycles. The number of nitrogens with zero attached hydrogens (tertiary/aromatic N) is 2. The smallest absolute Gasteiger partial charge is 0.227 e. The molecule has 0 amide bonds. The van der Waals surface area contributed by atoms with Crippen molar-refractivity contribution in [3.8, 4) is 10.6 Å². The van der Waals surface area contributed by atoms with E-state index in [0.717, 1.165) is 33.4 Å². The lowest BCUT2D eigenvalue weighted by Crippen LogP contribution is -1.97. The van der Waals surface area contributed by atoms with Gasteiger partial charge in [0.1, 0.15) is 0 Å². The number of carbonyl (C=O) groups is 1. The van der Waals surface area contributed by atoms with E-state index >= 15 is 0 Å². The van der Waals surface area contributed by atoms with E-state index < -0.39 is 0 Å². The van der Waals surface area contributed by atoms with Crippen molar-refractivity contribution in [3.63, 3.8) is 0 Å². The Morgan fingerprint density at radius 2 is 2.13 bits per heavy atom. The summed E-state index contributed by atoms with van der Waals surface area (Å²) in [7, 11) is 0. The molecule has 0 saturated heterocycles. The van der Waals surface area contributed by atoms with Crippen molar-refractivity contribution in [2.24, 2.45) is 0 Å². The highest BCUT2D eigenvalue weighted by atomic mass is 32.1. The van der Waals surface area contributed by atoms with Crippen molar-refractivity contribution in [2.75, 3.05) is 5.32 Å². The van der Waals surface area contributed by atoms with Gasteiger partial charge in [-0.1, -0.05) is 6.07 Å².